The summed E-state index contributed by atoms with van der Waals surface area (Å²) >= 11 is 1.89. The second-order valence-corrected chi connectivity index (χ2v) is 4.58. The number of nitrogens with zero attached hydrogens (tertiary/aromatic N) is 2. The zero-order valence-corrected chi connectivity index (χ0v) is 11.5. The normalized spacial score (nSPS) is 9.61. The number of hydrogen-bond donors (Lipinski definition) is 1. The van der Waals surface area contributed by atoms with Gasteiger partial charge in [0.1, 0.15) is 6.61 Å². The van der Waals surface area contributed by atoms with E-state index in [0.29, 0.717) is 9.14 Å². The standard InChI is InChI=1S/C11H10IN3O3/c1-7(4-13)6-18-11-9(12)2-8(5-14)3-10(11)15(16)17/h2-3H,1,4,6,13H2. The summed E-state index contributed by atoms with van der Waals surface area (Å²) in [7, 11) is 0. The molecule has 0 saturated heterocycles. The fourth-order valence-corrected chi connectivity index (χ4v) is 1.92. The molecule has 0 fully saturated rings. The molecule has 0 radical (unpaired) electrons. The highest BCUT2D eigenvalue weighted by molar-refractivity contribution is 14.1. The van der Waals surface area contributed by atoms with Gasteiger partial charge in [0.05, 0.1) is 20.1 Å². The maximum absolute atomic E-state index is 10.9. The second kappa shape index (κ2) is 6.32. The van der Waals surface area contributed by atoms with E-state index in [1.807, 2.05) is 28.7 Å². The molecule has 1 rings (SSSR count). The van der Waals surface area contributed by atoms with Crippen LogP contribution >= 0.6 is 22.6 Å². The number of nitriles is 1. The van der Waals surface area contributed by atoms with Gasteiger partial charge in [-0.25, -0.2) is 0 Å². The maximum Gasteiger partial charge on any atom is 0.313 e. The van der Waals surface area contributed by atoms with Gasteiger partial charge in [-0.05, 0) is 34.2 Å². The van der Waals surface area contributed by atoms with E-state index in [2.05, 4.69) is 6.58 Å². The summed E-state index contributed by atoms with van der Waals surface area (Å²) in [4.78, 5) is 10.3. The Kier molecular flexibility index (Phi) is 5.06. The summed E-state index contributed by atoms with van der Waals surface area (Å²) in [5, 5.41) is 19.7. The first-order chi connectivity index (χ1) is 8.49. The Morgan fingerprint density at radius 3 is 2.83 bits per heavy atom. The van der Waals surface area contributed by atoms with Crippen molar-refractivity contribution in [3.63, 3.8) is 0 Å². The summed E-state index contributed by atoms with van der Waals surface area (Å²) in [6.07, 6.45) is 0. The predicted octanol–water partition coefficient (Wildman–Crippen LogP) is 1.96. The van der Waals surface area contributed by atoms with Gasteiger partial charge in [-0.15, -0.1) is 0 Å². The number of ether oxygens (including phenoxy) is 1. The van der Waals surface area contributed by atoms with Gasteiger partial charge in [-0.1, -0.05) is 6.58 Å². The van der Waals surface area contributed by atoms with Crippen LogP contribution < -0.4 is 10.5 Å². The SMILES string of the molecule is C=C(CN)COc1c(I)cc(C#N)cc1[N+](=O)[O-]. The highest BCUT2D eigenvalue weighted by atomic mass is 127. The van der Waals surface area contributed by atoms with Crippen LogP contribution in [0.1, 0.15) is 5.56 Å². The smallest absolute Gasteiger partial charge is 0.313 e. The second-order valence-electron chi connectivity index (χ2n) is 3.42. The fraction of sp³-hybridized carbons (Fsp3) is 0.182. The molecule has 94 valence electrons. The molecule has 1 aromatic carbocycles. The van der Waals surface area contributed by atoms with Crippen molar-refractivity contribution in [2.24, 2.45) is 5.73 Å². The molecule has 7 heteroatoms. The maximum atomic E-state index is 10.9. The molecule has 0 heterocycles. The van der Waals surface area contributed by atoms with Crippen molar-refractivity contribution < 1.29 is 9.66 Å². The zero-order chi connectivity index (χ0) is 13.7. The van der Waals surface area contributed by atoms with Gasteiger partial charge in [-0.2, -0.15) is 5.26 Å². The van der Waals surface area contributed by atoms with E-state index in [-0.39, 0.29) is 30.2 Å². The number of halogens is 1. The van der Waals surface area contributed by atoms with Crippen LogP contribution in [0.4, 0.5) is 5.69 Å². The lowest BCUT2D eigenvalue weighted by Crippen LogP contribution is -2.11. The Morgan fingerprint density at radius 2 is 2.33 bits per heavy atom. The first-order valence-corrected chi connectivity index (χ1v) is 5.95. The molecule has 6 nitrogen and oxygen atoms in total. The van der Waals surface area contributed by atoms with Gasteiger partial charge in [0.2, 0.25) is 5.75 Å². The highest BCUT2D eigenvalue weighted by Crippen LogP contribution is 2.33. The van der Waals surface area contributed by atoms with Crippen LogP contribution in [0.3, 0.4) is 0 Å². The summed E-state index contributed by atoms with van der Waals surface area (Å²) in [5.41, 5.74) is 5.97. The lowest BCUT2D eigenvalue weighted by molar-refractivity contribution is -0.385. The molecule has 0 aliphatic rings. The number of hydrogen-bond acceptors (Lipinski definition) is 5. The lowest BCUT2D eigenvalue weighted by Gasteiger charge is -2.09. The largest absolute Gasteiger partial charge is 0.482 e. The van der Waals surface area contributed by atoms with E-state index in [4.69, 9.17) is 15.7 Å². The predicted molar refractivity (Wildman–Crippen MR) is 74.2 cm³/mol. The minimum atomic E-state index is -0.580. The van der Waals surface area contributed by atoms with Gasteiger partial charge in [0, 0.05) is 12.6 Å². The van der Waals surface area contributed by atoms with Gasteiger partial charge in [-0.3, -0.25) is 10.1 Å². The van der Waals surface area contributed by atoms with Gasteiger partial charge in [0.25, 0.3) is 0 Å². The van der Waals surface area contributed by atoms with Crippen molar-refractivity contribution in [3.8, 4) is 11.8 Å². The molecule has 0 saturated carbocycles. The van der Waals surface area contributed by atoms with Gasteiger partial charge < -0.3 is 10.5 Å². The number of nitrogens with two attached hydrogens (primary N) is 1. The Labute approximate surface area is 117 Å². The number of rotatable bonds is 5. The van der Waals surface area contributed by atoms with Gasteiger partial charge >= 0.3 is 5.69 Å². The van der Waals surface area contributed by atoms with Crippen LogP contribution in [0.5, 0.6) is 5.75 Å². The number of nitro groups is 1. The Bertz CT molecular complexity index is 537. The van der Waals surface area contributed by atoms with Crippen LogP contribution in [0.2, 0.25) is 0 Å². The van der Waals surface area contributed by atoms with Crippen molar-refractivity contribution in [1.82, 2.24) is 0 Å². The fourth-order valence-electron chi connectivity index (χ4n) is 1.16. The number of benzene rings is 1. The Morgan fingerprint density at radius 1 is 1.67 bits per heavy atom. The average molecular weight is 359 g/mol. The van der Waals surface area contributed by atoms with Crippen LogP contribution in [0, 0.1) is 25.0 Å². The van der Waals surface area contributed by atoms with E-state index in [9.17, 15) is 10.1 Å². The van der Waals surface area contributed by atoms with Crippen LogP contribution in [-0.4, -0.2) is 18.1 Å². The first-order valence-electron chi connectivity index (χ1n) is 4.87. The molecule has 0 bridgehead atoms. The molecular formula is C11H10IN3O3. The van der Waals surface area contributed by atoms with E-state index >= 15 is 0 Å². The molecule has 1 aromatic rings. The monoisotopic (exact) mass is 359 g/mol. The van der Waals surface area contributed by atoms with Crippen molar-refractivity contribution in [3.05, 3.63) is 43.5 Å². The molecule has 0 aromatic heterocycles. The molecule has 0 atom stereocenters. The van der Waals surface area contributed by atoms with E-state index in [0.717, 1.165) is 0 Å². The third-order valence-corrected chi connectivity index (χ3v) is 2.86. The summed E-state index contributed by atoms with van der Waals surface area (Å²) < 4.78 is 5.85. The average Bonchev–Trinajstić information content (AvgIpc) is 2.35. The van der Waals surface area contributed by atoms with Crippen LogP contribution in [0.15, 0.2) is 24.3 Å². The molecule has 18 heavy (non-hydrogen) atoms. The Hall–Kier alpha value is -1.66. The first kappa shape index (κ1) is 14.4. The Balaban J connectivity index is 3.13. The highest BCUT2D eigenvalue weighted by Gasteiger charge is 2.20. The van der Waals surface area contributed by atoms with E-state index < -0.39 is 4.92 Å². The van der Waals surface area contributed by atoms with E-state index in [1.165, 1.54) is 12.1 Å². The summed E-state index contributed by atoms with van der Waals surface area (Å²) in [6, 6.07) is 4.57. The third-order valence-electron chi connectivity index (χ3n) is 2.06. The molecule has 0 aliphatic carbocycles. The molecule has 0 spiro atoms. The molecular weight excluding hydrogens is 349 g/mol. The molecule has 0 aliphatic heterocycles. The van der Waals surface area contributed by atoms with Crippen molar-refractivity contribution >= 4 is 28.3 Å². The number of nitro benzene ring substituents is 1. The van der Waals surface area contributed by atoms with Crippen LogP contribution in [-0.2, 0) is 0 Å². The van der Waals surface area contributed by atoms with Gasteiger partial charge in [0.15, 0.2) is 0 Å². The zero-order valence-electron chi connectivity index (χ0n) is 9.35. The lowest BCUT2D eigenvalue weighted by atomic mass is 10.2. The molecule has 2 N–H and O–H groups in total. The van der Waals surface area contributed by atoms with Crippen molar-refractivity contribution in [2.75, 3.05) is 13.2 Å². The minimum Gasteiger partial charge on any atom is -0.482 e. The summed E-state index contributed by atoms with van der Waals surface area (Å²) in [6.45, 7) is 4.01. The third kappa shape index (κ3) is 3.41. The van der Waals surface area contributed by atoms with Crippen LogP contribution in [0.25, 0.3) is 0 Å². The topological polar surface area (TPSA) is 102 Å². The summed E-state index contributed by atoms with van der Waals surface area (Å²) in [5.74, 6) is 0.134. The molecule has 0 amide bonds. The quantitative estimate of drug-likeness (QED) is 0.375. The van der Waals surface area contributed by atoms with E-state index in [1.54, 1.807) is 0 Å². The van der Waals surface area contributed by atoms with Crippen molar-refractivity contribution in [2.45, 2.75) is 0 Å². The molecule has 0 unspecified atom stereocenters. The van der Waals surface area contributed by atoms with Crippen molar-refractivity contribution in [1.29, 1.82) is 5.26 Å². The minimum absolute atomic E-state index is 0.110.